The maximum Gasteiger partial charge on any atom is 0.260 e. The molecule has 1 aliphatic carbocycles. The van der Waals surface area contributed by atoms with Crippen LogP contribution in [0.5, 0.6) is 0 Å². The highest BCUT2D eigenvalue weighted by atomic mass is 19.1. The second kappa shape index (κ2) is 5.55. The Labute approximate surface area is 146 Å². The molecular weight excluding hydrogens is 321 g/mol. The summed E-state index contributed by atoms with van der Waals surface area (Å²) in [6.45, 7) is 1.48. The highest BCUT2D eigenvalue weighted by Gasteiger charge is 2.53. The van der Waals surface area contributed by atoms with Crippen molar-refractivity contribution in [1.29, 1.82) is 5.26 Å². The van der Waals surface area contributed by atoms with Crippen molar-refractivity contribution in [2.45, 2.75) is 37.8 Å². The van der Waals surface area contributed by atoms with Crippen LogP contribution in [-0.2, 0) is 9.59 Å². The molecule has 2 saturated heterocycles. The molecule has 4 rings (SSSR count). The molecule has 1 saturated carbocycles. The summed E-state index contributed by atoms with van der Waals surface area (Å²) in [5.41, 5.74) is -0.740. The van der Waals surface area contributed by atoms with Gasteiger partial charge in [0.1, 0.15) is 0 Å². The number of alkyl halides is 1. The Morgan fingerprint density at radius 1 is 1.24 bits per heavy atom. The number of anilines is 1. The SMILES string of the molecule is N#Cc1cccc(N2CC3(CCN(C(=O)C4(F)CCC4)C3)CC2=O)c1. The molecule has 2 amide bonds. The van der Waals surface area contributed by atoms with Crippen molar-refractivity contribution in [3.05, 3.63) is 29.8 Å². The number of nitriles is 1. The average Bonchev–Trinajstić information content (AvgIpc) is 3.15. The predicted octanol–water partition coefficient (Wildman–Crippen LogP) is 2.41. The molecule has 25 heavy (non-hydrogen) atoms. The molecule has 2 heterocycles. The highest BCUT2D eigenvalue weighted by molar-refractivity contribution is 5.97. The summed E-state index contributed by atoms with van der Waals surface area (Å²) in [5.74, 6) is -0.393. The highest BCUT2D eigenvalue weighted by Crippen LogP contribution is 2.44. The van der Waals surface area contributed by atoms with Gasteiger partial charge in [0.15, 0.2) is 5.67 Å². The summed E-state index contributed by atoms with van der Waals surface area (Å²) < 4.78 is 14.4. The number of benzene rings is 1. The van der Waals surface area contributed by atoms with E-state index in [0.717, 1.165) is 12.8 Å². The molecule has 1 unspecified atom stereocenters. The Bertz CT molecular complexity index is 783. The fraction of sp³-hybridized carbons (Fsp3) is 0.526. The van der Waals surface area contributed by atoms with Crippen LogP contribution in [0.4, 0.5) is 10.1 Å². The number of rotatable bonds is 2. The van der Waals surface area contributed by atoms with Crippen molar-refractivity contribution >= 4 is 17.5 Å². The molecule has 1 aromatic rings. The topological polar surface area (TPSA) is 64.4 Å². The molecular formula is C19H20FN3O2. The van der Waals surface area contributed by atoms with Crippen molar-refractivity contribution in [3.63, 3.8) is 0 Å². The predicted molar refractivity (Wildman–Crippen MR) is 89.4 cm³/mol. The lowest BCUT2D eigenvalue weighted by atomic mass is 9.81. The van der Waals surface area contributed by atoms with Gasteiger partial charge in [-0.2, -0.15) is 5.26 Å². The van der Waals surface area contributed by atoms with E-state index in [1.54, 1.807) is 28.0 Å². The van der Waals surface area contributed by atoms with Gasteiger partial charge in [0, 0.05) is 37.2 Å². The smallest absolute Gasteiger partial charge is 0.260 e. The maximum absolute atomic E-state index is 14.4. The van der Waals surface area contributed by atoms with E-state index in [2.05, 4.69) is 6.07 Å². The van der Waals surface area contributed by atoms with Crippen LogP contribution >= 0.6 is 0 Å². The number of carbonyl (C=O) groups is 2. The first kappa shape index (κ1) is 16.1. The van der Waals surface area contributed by atoms with Crippen LogP contribution in [0.25, 0.3) is 0 Å². The minimum absolute atomic E-state index is 0.00277. The van der Waals surface area contributed by atoms with Crippen LogP contribution in [-0.4, -0.2) is 42.0 Å². The van der Waals surface area contributed by atoms with Gasteiger partial charge in [-0.1, -0.05) is 6.07 Å². The largest absolute Gasteiger partial charge is 0.339 e. The number of hydrogen-bond donors (Lipinski definition) is 0. The van der Waals surface area contributed by atoms with Gasteiger partial charge >= 0.3 is 0 Å². The summed E-state index contributed by atoms with van der Waals surface area (Å²) >= 11 is 0. The second-order valence-corrected chi connectivity index (χ2v) is 7.61. The Morgan fingerprint density at radius 3 is 2.72 bits per heavy atom. The Morgan fingerprint density at radius 2 is 2.04 bits per heavy atom. The van der Waals surface area contributed by atoms with E-state index in [0.29, 0.717) is 50.1 Å². The summed E-state index contributed by atoms with van der Waals surface area (Å²) in [6.07, 6.45) is 2.49. The lowest BCUT2D eigenvalue weighted by Crippen LogP contribution is -2.50. The zero-order chi connectivity index (χ0) is 17.7. The van der Waals surface area contributed by atoms with E-state index in [9.17, 15) is 14.0 Å². The van der Waals surface area contributed by atoms with Gasteiger partial charge in [-0.25, -0.2) is 4.39 Å². The minimum atomic E-state index is -1.67. The van der Waals surface area contributed by atoms with Crippen LogP contribution < -0.4 is 4.90 Å². The van der Waals surface area contributed by atoms with Gasteiger partial charge in [0.05, 0.1) is 11.6 Å². The van der Waals surface area contributed by atoms with Gasteiger partial charge in [0.2, 0.25) is 5.91 Å². The van der Waals surface area contributed by atoms with Crippen LogP contribution in [0.15, 0.2) is 24.3 Å². The van der Waals surface area contributed by atoms with Crippen LogP contribution in [0, 0.1) is 16.7 Å². The molecule has 0 N–H and O–H groups in total. The third-order valence-electron chi connectivity index (χ3n) is 5.86. The molecule has 0 aromatic heterocycles. The van der Waals surface area contributed by atoms with E-state index in [1.165, 1.54) is 0 Å². The lowest BCUT2D eigenvalue weighted by molar-refractivity contribution is -0.149. The first-order chi connectivity index (χ1) is 11.9. The van der Waals surface area contributed by atoms with Crippen molar-refractivity contribution in [1.82, 2.24) is 4.90 Å². The van der Waals surface area contributed by atoms with Crippen molar-refractivity contribution in [2.75, 3.05) is 24.5 Å². The van der Waals surface area contributed by atoms with E-state index in [1.807, 2.05) is 6.07 Å². The first-order valence-electron chi connectivity index (χ1n) is 8.74. The molecule has 5 nitrogen and oxygen atoms in total. The first-order valence-corrected chi connectivity index (χ1v) is 8.74. The van der Waals surface area contributed by atoms with Gasteiger partial charge in [0.25, 0.3) is 5.91 Å². The lowest BCUT2D eigenvalue weighted by Gasteiger charge is -2.36. The van der Waals surface area contributed by atoms with Gasteiger partial charge < -0.3 is 9.80 Å². The summed E-state index contributed by atoms with van der Waals surface area (Å²) in [7, 11) is 0. The third kappa shape index (κ3) is 2.58. The minimum Gasteiger partial charge on any atom is -0.339 e. The number of likely N-dealkylation sites (tertiary alicyclic amines) is 1. The standard InChI is InChI=1S/C19H20FN3O2/c20-19(5-2-6-19)17(25)22-8-7-18(12-22)10-16(24)23(13-18)15-4-1-3-14(9-15)11-21/h1,3-4,9H,2,5-8,10,12-13H2. The fourth-order valence-corrected chi connectivity index (χ4v) is 4.24. The Balaban J connectivity index is 1.50. The normalized spacial score (nSPS) is 27.4. The molecule has 6 heteroatoms. The number of carbonyl (C=O) groups excluding carboxylic acids is 2. The van der Waals surface area contributed by atoms with E-state index in [4.69, 9.17) is 5.26 Å². The number of halogens is 1. The zero-order valence-corrected chi connectivity index (χ0v) is 14.0. The molecule has 2 aliphatic heterocycles. The average molecular weight is 341 g/mol. The quantitative estimate of drug-likeness (QED) is 0.830. The molecule has 1 atom stereocenters. The second-order valence-electron chi connectivity index (χ2n) is 7.61. The number of amides is 2. The van der Waals surface area contributed by atoms with Gasteiger partial charge in [-0.15, -0.1) is 0 Å². The number of hydrogen-bond acceptors (Lipinski definition) is 3. The molecule has 1 aromatic carbocycles. The monoisotopic (exact) mass is 341 g/mol. The molecule has 3 fully saturated rings. The molecule has 130 valence electrons. The fourth-order valence-electron chi connectivity index (χ4n) is 4.24. The van der Waals surface area contributed by atoms with Crippen molar-refractivity contribution < 1.29 is 14.0 Å². The van der Waals surface area contributed by atoms with E-state index < -0.39 is 11.6 Å². The van der Waals surface area contributed by atoms with Crippen molar-refractivity contribution in [2.24, 2.45) is 5.41 Å². The summed E-state index contributed by atoms with van der Waals surface area (Å²) in [4.78, 5) is 28.3. The molecule has 0 bridgehead atoms. The molecule has 1 spiro atoms. The summed E-state index contributed by atoms with van der Waals surface area (Å²) in [6, 6.07) is 9.08. The molecule has 3 aliphatic rings. The molecule has 0 radical (unpaired) electrons. The third-order valence-corrected chi connectivity index (χ3v) is 5.86. The maximum atomic E-state index is 14.4. The van der Waals surface area contributed by atoms with Crippen LogP contribution in [0.1, 0.15) is 37.7 Å². The zero-order valence-electron chi connectivity index (χ0n) is 14.0. The van der Waals surface area contributed by atoms with E-state index >= 15 is 0 Å². The number of nitrogens with zero attached hydrogens (tertiary/aromatic N) is 3. The van der Waals surface area contributed by atoms with Gasteiger partial charge in [-0.3, -0.25) is 9.59 Å². The Kier molecular flexibility index (Phi) is 3.57. The van der Waals surface area contributed by atoms with Crippen LogP contribution in [0.3, 0.4) is 0 Å². The van der Waals surface area contributed by atoms with Crippen molar-refractivity contribution in [3.8, 4) is 6.07 Å². The van der Waals surface area contributed by atoms with E-state index in [-0.39, 0.29) is 11.3 Å². The Hall–Kier alpha value is -2.42. The van der Waals surface area contributed by atoms with Gasteiger partial charge in [-0.05, 0) is 43.9 Å². The van der Waals surface area contributed by atoms with Crippen LogP contribution in [0.2, 0.25) is 0 Å². The summed E-state index contributed by atoms with van der Waals surface area (Å²) in [5, 5.41) is 9.04.